The molecule has 1 aromatic heterocycles. The third-order valence-electron chi connectivity index (χ3n) is 1.42. The van der Waals surface area contributed by atoms with Gasteiger partial charge in [-0.1, -0.05) is 0 Å². The monoisotopic (exact) mass is 175 g/mol. The molecule has 0 aromatic carbocycles. The fraction of sp³-hybridized carbons (Fsp3) is 0.286. The van der Waals surface area contributed by atoms with Crippen LogP contribution in [0, 0.1) is 0 Å². The predicted molar refractivity (Wildman–Crippen MR) is 37.1 cm³/mol. The summed E-state index contributed by atoms with van der Waals surface area (Å²) in [7, 11) is 1.14. The number of aromatic amines is 1. The Morgan fingerprint density at radius 2 is 2.25 bits per heavy atom. The van der Waals surface area contributed by atoms with E-state index in [1.54, 1.807) is 0 Å². The highest BCUT2D eigenvalue weighted by atomic mass is 19.3. The molecule has 0 radical (unpaired) electrons. The summed E-state index contributed by atoms with van der Waals surface area (Å²) in [5, 5.41) is 0. The second kappa shape index (κ2) is 3.34. The Balaban J connectivity index is 2.99. The van der Waals surface area contributed by atoms with Gasteiger partial charge < -0.3 is 9.72 Å². The van der Waals surface area contributed by atoms with Gasteiger partial charge in [-0.2, -0.15) is 0 Å². The number of methoxy groups -OCH3 is 1. The molecule has 0 aliphatic heterocycles. The van der Waals surface area contributed by atoms with Crippen LogP contribution in [0.5, 0.6) is 0 Å². The zero-order chi connectivity index (χ0) is 9.14. The number of alkyl halides is 2. The van der Waals surface area contributed by atoms with Crippen molar-refractivity contribution in [2.75, 3.05) is 7.11 Å². The maximum absolute atomic E-state index is 12.1. The van der Waals surface area contributed by atoms with Crippen LogP contribution in [0.2, 0.25) is 0 Å². The Bertz CT molecular complexity index is 283. The van der Waals surface area contributed by atoms with Crippen molar-refractivity contribution in [2.24, 2.45) is 0 Å². The molecule has 0 aliphatic rings. The lowest BCUT2D eigenvalue weighted by atomic mass is 10.2. The first-order valence-electron chi connectivity index (χ1n) is 3.20. The first-order valence-corrected chi connectivity index (χ1v) is 3.20. The van der Waals surface area contributed by atoms with Gasteiger partial charge in [0.25, 0.3) is 6.43 Å². The van der Waals surface area contributed by atoms with Crippen molar-refractivity contribution in [1.82, 2.24) is 4.98 Å². The standard InChI is InChI=1S/C7H7F2NO2/c1-12-7(11)5-3-10-2-4(5)6(8)9/h2-3,6,10H,1H3. The molecule has 0 saturated carbocycles. The van der Waals surface area contributed by atoms with Gasteiger partial charge in [-0.3, -0.25) is 0 Å². The summed E-state index contributed by atoms with van der Waals surface area (Å²) in [5.74, 6) is -0.758. The number of ether oxygens (including phenoxy) is 1. The Morgan fingerprint density at radius 1 is 1.58 bits per heavy atom. The van der Waals surface area contributed by atoms with Crippen LogP contribution < -0.4 is 0 Å². The molecule has 0 spiro atoms. The lowest BCUT2D eigenvalue weighted by molar-refractivity contribution is 0.0590. The fourth-order valence-electron chi connectivity index (χ4n) is 0.843. The highest BCUT2D eigenvalue weighted by Gasteiger charge is 2.19. The third kappa shape index (κ3) is 1.44. The van der Waals surface area contributed by atoms with Crippen LogP contribution >= 0.6 is 0 Å². The molecule has 5 heteroatoms. The SMILES string of the molecule is COC(=O)c1c[nH]cc1C(F)F. The van der Waals surface area contributed by atoms with E-state index in [9.17, 15) is 13.6 Å². The predicted octanol–water partition coefficient (Wildman–Crippen LogP) is 1.74. The van der Waals surface area contributed by atoms with E-state index >= 15 is 0 Å². The van der Waals surface area contributed by atoms with Crippen molar-refractivity contribution in [3.05, 3.63) is 23.5 Å². The fourth-order valence-corrected chi connectivity index (χ4v) is 0.843. The van der Waals surface area contributed by atoms with Crippen molar-refractivity contribution < 1.29 is 18.3 Å². The first kappa shape index (κ1) is 8.70. The van der Waals surface area contributed by atoms with Gasteiger partial charge in [-0.05, 0) is 0 Å². The van der Waals surface area contributed by atoms with E-state index in [4.69, 9.17) is 0 Å². The minimum atomic E-state index is -2.66. The number of H-pyrrole nitrogens is 1. The molecule has 0 aliphatic carbocycles. The van der Waals surface area contributed by atoms with Crippen LogP contribution in [-0.4, -0.2) is 18.1 Å². The number of halogens is 2. The average molecular weight is 175 g/mol. The molecule has 0 amide bonds. The topological polar surface area (TPSA) is 42.1 Å². The molecule has 0 atom stereocenters. The largest absolute Gasteiger partial charge is 0.465 e. The summed E-state index contributed by atoms with van der Waals surface area (Å²) in [6.45, 7) is 0. The van der Waals surface area contributed by atoms with Crippen molar-refractivity contribution in [3.63, 3.8) is 0 Å². The Morgan fingerprint density at radius 3 is 2.75 bits per heavy atom. The van der Waals surface area contributed by atoms with Gasteiger partial charge in [-0.25, -0.2) is 13.6 Å². The van der Waals surface area contributed by atoms with Gasteiger partial charge in [0, 0.05) is 18.0 Å². The number of aromatic nitrogens is 1. The van der Waals surface area contributed by atoms with Gasteiger partial charge in [-0.15, -0.1) is 0 Å². The van der Waals surface area contributed by atoms with Crippen LogP contribution in [0.4, 0.5) is 8.78 Å². The van der Waals surface area contributed by atoms with Crippen LogP contribution in [0.1, 0.15) is 22.3 Å². The number of carbonyl (C=O) groups excluding carboxylic acids is 1. The second-order valence-corrected chi connectivity index (χ2v) is 2.12. The maximum atomic E-state index is 12.1. The van der Waals surface area contributed by atoms with Crippen molar-refractivity contribution in [3.8, 4) is 0 Å². The number of nitrogens with one attached hydrogen (secondary N) is 1. The van der Waals surface area contributed by atoms with E-state index in [-0.39, 0.29) is 11.1 Å². The molecular weight excluding hydrogens is 168 g/mol. The number of rotatable bonds is 2. The van der Waals surface area contributed by atoms with Crippen LogP contribution in [0.3, 0.4) is 0 Å². The Labute approximate surface area is 67.3 Å². The van der Waals surface area contributed by atoms with Crippen LogP contribution in [-0.2, 0) is 4.74 Å². The molecule has 66 valence electrons. The number of hydrogen-bond donors (Lipinski definition) is 1. The van der Waals surface area contributed by atoms with E-state index in [0.29, 0.717) is 0 Å². The highest BCUT2D eigenvalue weighted by molar-refractivity contribution is 5.90. The summed E-state index contributed by atoms with van der Waals surface area (Å²) >= 11 is 0. The summed E-state index contributed by atoms with van der Waals surface area (Å²) in [4.78, 5) is 13.2. The number of esters is 1. The smallest absolute Gasteiger partial charge is 0.339 e. The van der Waals surface area contributed by atoms with E-state index < -0.39 is 12.4 Å². The molecule has 1 N–H and O–H groups in total. The highest BCUT2D eigenvalue weighted by Crippen LogP contribution is 2.22. The molecule has 12 heavy (non-hydrogen) atoms. The Hall–Kier alpha value is -1.39. The molecule has 0 saturated heterocycles. The van der Waals surface area contributed by atoms with E-state index in [2.05, 4.69) is 9.72 Å². The molecule has 1 rings (SSSR count). The maximum Gasteiger partial charge on any atom is 0.339 e. The summed E-state index contributed by atoms with van der Waals surface area (Å²) < 4.78 is 28.6. The third-order valence-corrected chi connectivity index (χ3v) is 1.42. The first-order chi connectivity index (χ1) is 5.66. The van der Waals surface area contributed by atoms with Crippen molar-refractivity contribution >= 4 is 5.97 Å². The van der Waals surface area contributed by atoms with E-state index in [0.717, 1.165) is 13.3 Å². The van der Waals surface area contributed by atoms with Gasteiger partial charge >= 0.3 is 5.97 Å². The number of carbonyl (C=O) groups is 1. The summed E-state index contributed by atoms with van der Waals surface area (Å²) in [6, 6.07) is 0. The minimum Gasteiger partial charge on any atom is -0.465 e. The molecular formula is C7H7F2NO2. The molecule has 0 fully saturated rings. The second-order valence-electron chi connectivity index (χ2n) is 2.12. The Kier molecular flexibility index (Phi) is 2.42. The summed E-state index contributed by atoms with van der Waals surface area (Å²) in [6.07, 6.45) is -0.394. The minimum absolute atomic E-state index is 0.118. The summed E-state index contributed by atoms with van der Waals surface area (Å²) in [5.41, 5.74) is -0.450. The number of hydrogen-bond acceptors (Lipinski definition) is 2. The van der Waals surface area contributed by atoms with E-state index in [1.165, 1.54) is 6.20 Å². The normalized spacial score (nSPS) is 10.3. The quantitative estimate of drug-likeness (QED) is 0.695. The average Bonchev–Trinajstić information content (AvgIpc) is 2.50. The molecule has 3 nitrogen and oxygen atoms in total. The zero-order valence-electron chi connectivity index (χ0n) is 6.30. The molecule has 1 heterocycles. The lowest BCUT2D eigenvalue weighted by Gasteiger charge is -1.99. The van der Waals surface area contributed by atoms with Crippen LogP contribution in [0.15, 0.2) is 12.4 Å². The molecule has 0 bridgehead atoms. The van der Waals surface area contributed by atoms with E-state index in [1.807, 2.05) is 0 Å². The van der Waals surface area contributed by atoms with Gasteiger partial charge in [0.15, 0.2) is 0 Å². The van der Waals surface area contributed by atoms with Crippen LogP contribution in [0.25, 0.3) is 0 Å². The van der Waals surface area contributed by atoms with Gasteiger partial charge in [0.05, 0.1) is 12.7 Å². The van der Waals surface area contributed by atoms with Gasteiger partial charge in [0.2, 0.25) is 0 Å². The van der Waals surface area contributed by atoms with Crippen molar-refractivity contribution in [1.29, 1.82) is 0 Å². The molecule has 1 aromatic rings. The molecule has 0 unspecified atom stereocenters. The van der Waals surface area contributed by atoms with Crippen molar-refractivity contribution in [2.45, 2.75) is 6.43 Å². The zero-order valence-corrected chi connectivity index (χ0v) is 6.30. The lowest BCUT2D eigenvalue weighted by Crippen LogP contribution is -2.02. The van der Waals surface area contributed by atoms with Gasteiger partial charge in [0.1, 0.15) is 0 Å².